The van der Waals surface area contributed by atoms with Crippen molar-refractivity contribution in [3.8, 4) is 0 Å². The Morgan fingerprint density at radius 1 is 1.32 bits per heavy atom. The molecule has 1 heterocycles. The average Bonchev–Trinajstić information content (AvgIpc) is 2.40. The van der Waals surface area contributed by atoms with Crippen LogP contribution in [0.15, 0.2) is 36.7 Å². The first kappa shape index (κ1) is 13.0. The number of anilines is 1. The molecule has 0 aliphatic heterocycles. The van der Waals surface area contributed by atoms with Crippen LogP contribution >= 0.6 is 0 Å². The summed E-state index contributed by atoms with van der Waals surface area (Å²) in [7, 11) is 0. The zero-order chi connectivity index (χ0) is 13.8. The second-order valence-electron chi connectivity index (χ2n) is 4.43. The third-order valence-corrected chi connectivity index (χ3v) is 3.01. The summed E-state index contributed by atoms with van der Waals surface area (Å²) in [4.78, 5) is 14.7. The topological polar surface area (TPSA) is 68.1 Å². The maximum absolute atomic E-state index is 11.0. The van der Waals surface area contributed by atoms with E-state index in [-0.39, 0.29) is 10.6 Å². The van der Waals surface area contributed by atoms with Crippen LogP contribution in [-0.2, 0) is 6.54 Å². The summed E-state index contributed by atoms with van der Waals surface area (Å²) in [6, 6.07) is 7.17. The third-order valence-electron chi connectivity index (χ3n) is 3.01. The van der Waals surface area contributed by atoms with Crippen LogP contribution in [0.4, 0.5) is 11.4 Å². The molecule has 0 atom stereocenters. The second kappa shape index (κ2) is 5.48. The highest BCUT2D eigenvalue weighted by Gasteiger charge is 2.15. The Labute approximate surface area is 111 Å². The number of nitrogens with one attached hydrogen (secondary N) is 1. The van der Waals surface area contributed by atoms with Crippen LogP contribution in [0.3, 0.4) is 0 Å². The van der Waals surface area contributed by atoms with Gasteiger partial charge in [-0.1, -0.05) is 6.07 Å². The van der Waals surface area contributed by atoms with Gasteiger partial charge in [-0.25, -0.2) is 0 Å². The molecule has 0 saturated carbocycles. The fourth-order valence-electron chi connectivity index (χ4n) is 1.79. The Balaban J connectivity index is 2.24. The number of aryl methyl sites for hydroxylation is 2. The van der Waals surface area contributed by atoms with E-state index in [0.717, 1.165) is 16.7 Å². The molecular formula is C14H15N3O2. The van der Waals surface area contributed by atoms with Crippen molar-refractivity contribution in [2.45, 2.75) is 20.4 Å². The average molecular weight is 257 g/mol. The Morgan fingerprint density at radius 3 is 2.68 bits per heavy atom. The van der Waals surface area contributed by atoms with Gasteiger partial charge in [0.25, 0.3) is 5.69 Å². The van der Waals surface area contributed by atoms with E-state index in [1.54, 1.807) is 18.5 Å². The highest BCUT2D eigenvalue weighted by atomic mass is 16.6. The minimum atomic E-state index is -0.363. The zero-order valence-electron chi connectivity index (χ0n) is 10.9. The molecule has 19 heavy (non-hydrogen) atoms. The molecule has 0 saturated heterocycles. The van der Waals surface area contributed by atoms with Crippen LogP contribution < -0.4 is 5.32 Å². The van der Waals surface area contributed by atoms with Crippen LogP contribution in [0.1, 0.15) is 16.7 Å². The normalized spacial score (nSPS) is 10.2. The number of nitrogens with zero attached hydrogens (tertiary/aromatic N) is 2. The number of hydrogen-bond donors (Lipinski definition) is 1. The van der Waals surface area contributed by atoms with Crippen LogP contribution in [0, 0.1) is 24.0 Å². The van der Waals surface area contributed by atoms with Crippen molar-refractivity contribution in [3.05, 3.63) is 63.5 Å². The van der Waals surface area contributed by atoms with Gasteiger partial charge in [0, 0.05) is 25.0 Å². The van der Waals surface area contributed by atoms with Crippen LogP contribution in [0.25, 0.3) is 0 Å². The Bertz CT molecular complexity index is 597. The Morgan fingerprint density at radius 2 is 2.05 bits per heavy atom. The summed E-state index contributed by atoms with van der Waals surface area (Å²) in [5.41, 5.74) is 3.57. The standard InChI is InChI=1S/C14H15N3O2/c1-10-6-13(14(17(18)19)7-11(10)2)16-9-12-4-3-5-15-8-12/h3-8,16H,9H2,1-2H3. The molecule has 98 valence electrons. The molecule has 0 spiro atoms. The third kappa shape index (κ3) is 3.07. The monoisotopic (exact) mass is 257 g/mol. The van der Waals surface area contributed by atoms with Gasteiger partial charge >= 0.3 is 0 Å². The van der Waals surface area contributed by atoms with E-state index >= 15 is 0 Å². The molecule has 5 nitrogen and oxygen atoms in total. The second-order valence-corrected chi connectivity index (χ2v) is 4.43. The number of pyridine rings is 1. The van der Waals surface area contributed by atoms with Gasteiger partial charge in [0.15, 0.2) is 0 Å². The molecule has 1 aromatic heterocycles. The minimum Gasteiger partial charge on any atom is -0.375 e. The first-order valence-electron chi connectivity index (χ1n) is 5.96. The molecule has 2 rings (SSSR count). The lowest BCUT2D eigenvalue weighted by molar-refractivity contribution is -0.384. The van der Waals surface area contributed by atoms with Crippen LogP contribution in [0.2, 0.25) is 0 Å². The molecule has 2 aromatic rings. The van der Waals surface area contributed by atoms with E-state index in [1.165, 1.54) is 0 Å². The van der Waals surface area contributed by atoms with E-state index in [4.69, 9.17) is 0 Å². The van der Waals surface area contributed by atoms with E-state index in [0.29, 0.717) is 12.2 Å². The summed E-state index contributed by atoms with van der Waals surface area (Å²) in [5.74, 6) is 0. The van der Waals surface area contributed by atoms with Crippen molar-refractivity contribution in [3.63, 3.8) is 0 Å². The molecule has 0 radical (unpaired) electrons. The van der Waals surface area contributed by atoms with E-state index in [9.17, 15) is 10.1 Å². The predicted octanol–water partition coefficient (Wildman–Crippen LogP) is 3.22. The van der Waals surface area contributed by atoms with Crippen molar-refractivity contribution >= 4 is 11.4 Å². The predicted molar refractivity (Wildman–Crippen MR) is 74.1 cm³/mol. The Hall–Kier alpha value is -2.43. The van der Waals surface area contributed by atoms with Crippen molar-refractivity contribution in [1.82, 2.24) is 4.98 Å². The molecule has 0 unspecified atom stereocenters. The molecule has 5 heteroatoms. The van der Waals surface area contributed by atoms with Crippen molar-refractivity contribution < 1.29 is 4.92 Å². The summed E-state index contributed by atoms with van der Waals surface area (Å²) in [6.07, 6.45) is 3.43. The van der Waals surface area contributed by atoms with Gasteiger partial charge in [0.05, 0.1) is 4.92 Å². The van der Waals surface area contributed by atoms with Gasteiger partial charge in [-0.15, -0.1) is 0 Å². The molecule has 0 fully saturated rings. The zero-order valence-corrected chi connectivity index (χ0v) is 10.9. The first-order valence-corrected chi connectivity index (χ1v) is 5.96. The van der Waals surface area contributed by atoms with Gasteiger partial charge in [0.1, 0.15) is 5.69 Å². The highest BCUT2D eigenvalue weighted by molar-refractivity contribution is 5.64. The molecule has 1 aromatic carbocycles. The molecule has 1 N–H and O–H groups in total. The van der Waals surface area contributed by atoms with E-state index in [2.05, 4.69) is 10.3 Å². The lowest BCUT2D eigenvalue weighted by atomic mass is 10.1. The number of nitro benzene ring substituents is 1. The largest absolute Gasteiger partial charge is 0.375 e. The maximum atomic E-state index is 11.0. The van der Waals surface area contributed by atoms with Crippen molar-refractivity contribution in [1.29, 1.82) is 0 Å². The van der Waals surface area contributed by atoms with Gasteiger partial charge in [-0.2, -0.15) is 0 Å². The SMILES string of the molecule is Cc1cc(NCc2cccnc2)c([N+](=O)[O-])cc1C. The summed E-state index contributed by atoms with van der Waals surface area (Å²) in [5, 5.41) is 14.1. The lowest BCUT2D eigenvalue weighted by Crippen LogP contribution is -2.04. The number of rotatable bonds is 4. The minimum absolute atomic E-state index is 0.104. The number of hydrogen-bond acceptors (Lipinski definition) is 4. The van der Waals surface area contributed by atoms with Crippen LogP contribution in [0.5, 0.6) is 0 Å². The molecule has 0 bridgehead atoms. The molecule has 0 aliphatic carbocycles. The first-order chi connectivity index (χ1) is 9.08. The molecule has 0 aliphatic rings. The highest BCUT2D eigenvalue weighted by Crippen LogP contribution is 2.28. The maximum Gasteiger partial charge on any atom is 0.292 e. The number of benzene rings is 1. The lowest BCUT2D eigenvalue weighted by Gasteiger charge is -2.09. The molecular weight excluding hydrogens is 242 g/mol. The van der Waals surface area contributed by atoms with E-state index < -0.39 is 0 Å². The van der Waals surface area contributed by atoms with Gasteiger partial charge < -0.3 is 5.32 Å². The van der Waals surface area contributed by atoms with Gasteiger partial charge in [0.2, 0.25) is 0 Å². The van der Waals surface area contributed by atoms with E-state index in [1.807, 2.05) is 32.0 Å². The van der Waals surface area contributed by atoms with Crippen molar-refractivity contribution in [2.75, 3.05) is 5.32 Å². The molecule has 0 amide bonds. The van der Waals surface area contributed by atoms with Gasteiger partial charge in [-0.3, -0.25) is 15.1 Å². The van der Waals surface area contributed by atoms with Crippen LogP contribution in [-0.4, -0.2) is 9.91 Å². The van der Waals surface area contributed by atoms with Crippen molar-refractivity contribution in [2.24, 2.45) is 0 Å². The number of aromatic nitrogens is 1. The summed E-state index contributed by atoms with van der Waals surface area (Å²) < 4.78 is 0. The Kier molecular flexibility index (Phi) is 3.75. The summed E-state index contributed by atoms with van der Waals surface area (Å²) >= 11 is 0. The summed E-state index contributed by atoms with van der Waals surface area (Å²) in [6.45, 7) is 4.32. The van der Waals surface area contributed by atoms with Gasteiger partial charge in [-0.05, 0) is 42.7 Å². The fourth-order valence-corrected chi connectivity index (χ4v) is 1.79. The quantitative estimate of drug-likeness (QED) is 0.674. The fraction of sp³-hybridized carbons (Fsp3) is 0.214. The smallest absolute Gasteiger partial charge is 0.292 e. The number of nitro groups is 1.